The summed E-state index contributed by atoms with van der Waals surface area (Å²) in [5.41, 5.74) is 4.00. The van der Waals surface area contributed by atoms with Crippen LogP contribution < -0.4 is 0 Å². The molecule has 0 atom stereocenters. The second kappa shape index (κ2) is 4.11. The molecular formula is C19H17N. The van der Waals surface area contributed by atoms with Crippen molar-refractivity contribution in [1.29, 1.82) is 0 Å². The summed E-state index contributed by atoms with van der Waals surface area (Å²) in [6.07, 6.45) is 0. The molecule has 1 heteroatoms. The molecule has 1 aromatic heterocycles. The molecule has 3 aromatic carbocycles. The summed E-state index contributed by atoms with van der Waals surface area (Å²) in [6, 6.07) is 20.0. The van der Waals surface area contributed by atoms with Crippen molar-refractivity contribution in [2.45, 2.75) is 20.4 Å². The number of aryl methyl sites for hydroxylation is 2. The first-order valence-electron chi connectivity index (χ1n) is 7.19. The van der Waals surface area contributed by atoms with E-state index in [2.05, 4.69) is 73.0 Å². The minimum absolute atomic E-state index is 1.00. The summed E-state index contributed by atoms with van der Waals surface area (Å²) in [5.74, 6) is 0. The van der Waals surface area contributed by atoms with Gasteiger partial charge in [-0.15, -0.1) is 0 Å². The molecule has 0 bridgehead atoms. The molecule has 0 fully saturated rings. The number of hydrogen-bond acceptors (Lipinski definition) is 0. The summed E-state index contributed by atoms with van der Waals surface area (Å²) in [7, 11) is 0. The third-order valence-electron chi connectivity index (χ3n) is 4.21. The minimum Gasteiger partial charge on any atom is -0.341 e. The van der Waals surface area contributed by atoms with Crippen molar-refractivity contribution in [2.24, 2.45) is 0 Å². The van der Waals surface area contributed by atoms with Crippen molar-refractivity contribution < 1.29 is 0 Å². The maximum Gasteiger partial charge on any atom is 0.0497 e. The number of aromatic nitrogens is 1. The third kappa shape index (κ3) is 1.50. The van der Waals surface area contributed by atoms with Gasteiger partial charge < -0.3 is 4.57 Å². The predicted molar refractivity (Wildman–Crippen MR) is 87.4 cm³/mol. The molecule has 1 heterocycles. The topological polar surface area (TPSA) is 4.93 Å². The Hall–Kier alpha value is -2.28. The van der Waals surface area contributed by atoms with Crippen LogP contribution in [0.5, 0.6) is 0 Å². The van der Waals surface area contributed by atoms with Crippen LogP contribution in [0.2, 0.25) is 0 Å². The van der Waals surface area contributed by atoms with Gasteiger partial charge in [0, 0.05) is 28.4 Å². The molecule has 0 unspecified atom stereocenters. The molecule has 0 spiro atoms. The van der Waals surface area contributed by atoms with Crippen LogP contribution in [0.4, 0.5) is 0 Å². The number of rotatable bonds is 1. The van der Waals surface area contributed by atoms with Gasteiger partial charge in [-0.3, -0.25) is 0 Å². The number of hydrogen-bond donors (Lipinski definition) is 0. The van der Waals surface area contributed by atoms with Gasteiger partial charge in [-0.1, -0.05) is 36.4 Å². The number of fused-ring (bicyclic) bond motifs is 4. The molecular weight excluding hydrogens is 242 g/mol. The van der Waals surface area contributed by atoms with Gasteiger partial charge in [0.15, 0.2) is 0 Å². The molecule has 0 N–H and O–H groups in total. The highest BCUT2D eigenvalue weighted by atomic mass is 15.0. The smallest absolute Gasteiger partial charge is 0.0497 e. The van der Waals surface area contributed by atoms with Gasteiger partial charge >= 0.3 is 0 Å². The number of benzene rings is 3. The van der Waals surface area contributed by atoms with E-state index in [0.29, 0.717) is 0 Å². The first-order valence-corrected chi connectivity index (χ1v) is 7.19. The lowest BCUT2D eigenvalue weighted by Crippen LogP contribution is -1.93. The second-order valence-corrected chi connectivity index (χ2v) is 5.48. The molecule has 4 rings (SSSR count). The van der Waals surface area contributed by atoms with Gasteiger partial charge in [-0.05, 0) is 48.4 Å². The monoisotopic (exact) mass is 259 g/mol. The zero-order valence-electron chi connectivity index (χ0n) is 11.9. The lowest BCUT2D eigenvalue weighted by atomic mass is 10.1. The Balaban J connectivity index is 2.27. The fraction of sp³-hybridized carbons (Fsp3) is 0.158. The van der Waals surface area contributed by atoms with Crippen molar-refractivity contribution >= 4 is 32.6 Å². The average molecular weight is 259 g/mol. The standard InChI is InChI=1S/C19H17N/c1-3-20-18-10-13(2)8-9-16(18)17-11-14-6-4-5-7-15(14)12-19(17)20/h4-12H,3H2,1-2H3. The van der Waals surface area contributed by atoms with Crippen molar-refractivity contribution in [3.8, 4) is 0 Å². The summed E-state index contributed by atoms with van der Waals surface area (Å²) < 4.78 is 2.42. The van der Waals surface area contributed by atoms with Crippen molar-refractivity contribution in [3.05, 3.63) is 60.2 Å². The van der Waals surface area contributed by atoms with Crippen molar-refractivity contribution in [2.75, 3.05) is 0 Å². The maximum atomic E-state index is 2.42. The van der Waals surface area contributed by atoms with Crippen LogP contribution in [0.25, 0.3) is 32.6 Å². The van der Waals surface area contributed by atoms with E-state index in [0.717, 1.165) is 6.54 Å². The Morgan fingerprint density at radius 2 is 1.50 bits per heavy atom. The first kappa shape index (κ1) is 11.5. The highest BCUT2D eigenvalue weighted by Crippen LogP contribution is 2.32. The molecule has 0 radical (unpaired) electrons. The van der Waals surface area contributed by atoms with Crippen LogP contribution in [-0.2, 0) is 6.54 Å². The number of nitrogens with zero attached hydrogens (tertiary/aromatic N) is 1. The van der Waals surface area contributed by atoms with E-state index in [4.69, 9.17) is 0 Å². The SMILES string of the molecule is CCn1c2cc(C)ccc2c2cc3ccccc3cc21. The molecule has 0 aliphatic heterocycles. The Labute approximate surface area is 118 Å². The van der Waals surface area contributed by atoms with Gasteiger partial charge in [0.05, 0.1) is 0 Å². The Kier molecular flexibility index (Phi) is 2.37. The van der Waals surface area contributed by atoms with Crippen molar-refractivity contribution in [1.82, 2.24) is 4.57 Å². The molecule has 1 nitrogen and oxygen atoms in total. The summed E-state index contributed by atoms with van der Waals surface area (Å²) in [4.78, 5) is 0. The van der Waals surface area contributed by atoms with E-state index in [9.17, 15) is 0 Å². The average Bonchev–Trinajstić information content (AvgIpc) is 2.76. The van der Waals surface area contributed by atoms with Crippen LogP contribution in [-0.4, -0.2) is 4.57 Å². The van der Waals surface area contributed by atoms with Crippen LogP contribution in [0.1, 0.15) is 12.5 Å². The highest BCUT2D eigenvalue weighted by molar-refractivity contribution is 6.12. The van der Waals surface area contributed by atoms with Crippen LogP contribution in [0.3, 0.4) is 0 Å². The van der Waals surface area contributed by atoms with Crippen molar-refractivity contribution in [3.63, 3.8) is 0 Å². The zero-order chi connectivity index (χ0) is 13.7. The lowest BCUT2D eigenvalue weighted by Gasteiger charge is -2.04. The fourth-order valence-electron chi connectivity index (χ4n) is 3.23. The van der Waals surface area contributed by atoms with E-state index in [-0.39, 0.29) is 0 Å². The minimum atomic E-state index is 1.00. The summed E-state index contributed by atoms with van der Waals surface area (Å²) in [5, 5.41) is 5.35. The quantitative estimate of drug-likeness (QED) is 0.438. The van der Waals surface area contributed by atoms with Gasteiger partial charge in [0.25, 0.3) is 0 Å². The van der Waals surface area contributed by atoms with E-state index in [1.807, 2.05) is 0 Å². The molecule has 20 heavy (non-hydrogen) atoms. The molecule has 0 amide bonds. The second-order valence-electron chi connectivity index (χ2n) is 5.48. The zero-order valence-corrected chi connectivity index (χ0v) is 11.9. The Morgan fingerprint density at radius 3 is 2.25 bits per heavy atom. The van der Waals surface area contributed by atoms with Gasteiger partial charge in [0.1, 0.15) is 0 Å². The Bertz CT molecular complexity index is 944. The lowest BCUT2D eigenvalue weighted by molar-refractivity contribution is 0.827. The van der Waals surface area contributed by atoms with E-state index in [1.54, 1.807) is 0 Å². The van der Waals surface area contributed by atoms with Crippen LogP contribution in [0.15, 0.2) is 54.6 Å². The normalized spacial score (nSPS) is 11.7. The summed E-state index contributed by atoms with van der Waals surface area (Å²) >= 11 is 0. The third-order valence-corrected chi connectivity index (χ3v) is 4.21. The first-order chi connectivity index (χ1) is 9.78. The van der Waals surface area contributed by atoms with Gasteiger partial charge in [-0.2, -0.15) is 0 Å². The van der Waals surface area contributed by atoms with Gasteiger partial charge in [0.2, 0.25) is 0 Å². The fourth-order valence-corrected chi connectivity index (χ4v) is 3.23. The maximum absolute atomic E-state index is 2.42. The molecule has 0 aliphatic rings. The molecule has 0 saturated carbocycles. The van der Waals surface area contributed by atoms with E-state index in [1.165, 1.54) is 38.1 Å². The van der Waals surface area contributed by atoms with Crippen LogP contribution in [0, 0.1) is 6.92 Å². The molecule has 4 aromatic rings. The largest absolute Gasteiger partial charge is 0.341 e. The summed E-state index contributed by atoms with van der Waals surface area (Å²) in [6.45, 7) is 5.38. The Morgan fingerprint density at radius 1 is 0.800 bits per heavy atom. The van der Waals surface area contributed by atoms with E-state index >= 15 is 0 Å². The molecule has 0 aliphatic carbocycles. The predicted octanol–water partition coefficient (Wildman–Crippen LogP) is 5.28. The molecule has 0 saturated heterocycles. The molecule has 98 valence electrons. The van der Waals surface area contributed by atoms with Gasteiger partial charge in [-0.25, -0.2) is 0 Å². The van der Waals surface area contributed by atoms with E-state index < -0.39 is 0 Å². The van der Waals surface area contributed by atoms with Crippen LogP contribution >= 0.6 is 0 Å². The highest BCUT2D eigenvalue weighted by Gasteiger charge is 2.10.